The number of carboxylic acids is 1. The van der Waals surface area contributed by atoms with Gasteiger partial charge in [0, 0.05) is 11.4 Å². The summed E-state index contributed by atoms with van der Waals surface area (Å²) < 4.78 is 53.5. The average molecular weight is 506 g/mol. The predicted octanol–water partition coefficient (Wildman–Crippen LogP) is 5.78. The number of benzene rings is 3. The first kappa shape index (κ1) is 16.9. The van der Waals surface area contributed by atoms with Crippen molar-refractivity contribution < 1.29 is 22.9 Å². The number of hydrogen-bond acceptors (Lipinski definition) is 3. The number of aliphatic carboxylic acids is 1. The van der Waals surface area contributed by atoms with E-state index >= 15 is 0 Å². The molecule has 1 heterocycles. The first-order chi connectivity index (χ1) is 19.8. The van der Waals surface area contributed by atoms with Crippen LogP contribution in [0.3, 0.4) is 0 Å². The van der Waals surface area contributed by atoms with Crippen LogP contribution in [0, 0.1) is 11.3 Å². The van der Waals surface area contributed by atoms with Crippen LogP contribution in [0.1, 0.15) is 49.8 Å². The van der Waals surface area contributed by atoms with E-state index in [1.807, 2.05) is 0 Å². The minimum absolute atomic E-state index is 0.0534. The SMILES string of the molecule is [2H]c1c([2H])c(C([2H])([2H])n2ncc3c(Cl)ccc(C(=O)NC4CC5(C4)CC(C(=O)O)C5)c32)c([2H])c([2H])c1-c1ccccc1. The molecular weight excluding hydrogens is 474 g/mol. The van der Waals surface area contributed by atoms with Gasteiger partial charge in [-0.25, -0.2) is 0 Å². The zero-order chi connectivity index (χ0) is 30.1. The summed E-state index contributed by atoms with van der Waals surface area (Å²) in [5.41, 5.74) is 0.0846. The summed E-state index contributed by atoms with van der Waals surface area (Å²) in [7, 11) is 0. The number of amides is 1. The molecule has 3 aromatic carbocycles. The Morgan fingerprint density at radius 3 is 2.50 bits per heavy atom. The van der Waals surface area contributed by atoms with Crippen molar-refractivity contribution >= 4 is 34.4 Å². The molecule has 36 heavy (non-hydrogen) atoms. The third kappa shape index (κ3) is 4.05. The normalized spacial score (nSPS) is 25.5. The van der Waals surface area contributed by atoms with Crippen molar-refractivity contribution in [2.24, 2.45) is 11.3 Å². The number of fused-ring (bicyclic) bond motifs is 1. The van der Waals surface area contributed by atoms with Crippen molar-refractivity contribution in [3.63, 3.8) is 0 Å². The third-order valence-corrected chi connectivity index (χ3v) is 7.56. The fourth-order valence-corrected chi connectivity index (χ4v) is 5.64. The maximum atomic E-state index is 13.5. The van der Waals surface area contributed by atoms with Gasteiger partial charge in [-0.15, -0.1) is 0 Å². The third-order valence-electron chi connectivity index (χ3n) is 7.23. The molecule has 0 atom stereocenters. The van der Waals surface area contributed by atoms with Crippen LogP contribution in [0.2, 0.25) is 5.02 Å². The highest BCUT2D eigenvalue weighted by Crippen LogP contribution is 2.58. The molecule has 1 spiro atoms. The highest BCUT2D eigenvalue weighted by Gasteiger charge is 2.55. The standard InChI is InChI=1S/C29H26ClN3O3/c30-25-11-10-23(27(34)32-22-14-29(15-22)12-21(13-29)28(35)36)26-24(25)16-31-33(26)17-18-6-8-20(9-7-18)19-4-2-1-3-5-19/h1-11,16,21-22H,12-15,17H2,(H,32,34)(H,35,36)/i6D,7D,8D,9D,17D2. The van der Waals surface area contributed by atoms with Gasteiger partial charge in [-0.1, -0.05) is 66.1 Å². The highest BCUT2D eigenvalue weighted by molar-refractivity contribution is 6.36. The van der Waals surface area contributed by atoms with Crippen molar-refractivity contribution in [1.82, 2.24) is 15.1 Å². The van der Waals surface area contributed by atoms with Gasteiger partial charge in [-0.3, -0.25) is 14.3 Å². The van der Waals surface area contributed by atoms with Gasteiger partial charge in [0.15, 0.2) is 0 Å². The van der Waals surface area contributed by atoms with Crippen LogP contribution in [0.15, 0.2) is 72.8 Å². The van der Waals surface area contributed by atoms with Gasteiger partial charge in [-0.2, -0.15) is 5.10 Å². The van der Waals surface area contributed by atoms with Gasteiger partial charge in [0.2, 0.25) is 0 Å². The lowest BCUT2D eigenvalue weighted by molar-refractivity contribution is -0.155. The molecule has 0 aliphatic heterocycles. The van der Waals surface area contributed by atoms with E-state index < -0.39 is 48.1 Å². The summed E-state index contributed by atoms with van der Waals surface area (Å²) in [6.45, 7) is -2.70. The van der Waals surface area contributed by atoms with Crippen LogP contribution in [-0.4, -0.2) is 32.8 Å². The minimum atomic E-state index is -2.70. The van der Waals surface area contributed by atoms with E-state index in [9.17, 15) is 14.7 Å². The molecule has 2 aliphatic rings. The number of hydrogen-bond donors (Lipinski definition) is 2. The number of nitrogens with zero attached hydrogens (tertiary/aromatic N) is 2. The van der Waals surface area contributed by atoms with Crippen LogP contribution < -0.4 is 5.32 Å². The Morgan fingerprint density at radius 2 is 1.81 bits per heavy atom. The summed E-state index contributed by atoms with van der Waals surface area (Å²) in [4.78, 5) is 24.7. The molecule has 0 radical (unpaired) electrons. The van der Waals surface area contributed by atoms with Gasteiger partial charge in [-0.05, 0) is 59.9 Å². The highest BCUT2D eigenvalue weighted by atomic mass is 35.5. The smallest absolute Gasteiger partial charge is 0.306 e. The molecular formula is C29H26ClN3O3. The molecule has 6 nitrogen and oxygen atoms in total. The minimum Gasteiger partial charge on any atom is -0.481 e. The van der Waals surface area contributed by atoms with Crippen molar-refractivity contribution in [3.8, 4) is 11.1 Å². The number of halogens is 1. The van der Waals surface area contributed by atoms with Gasteiger partial charge in [0.25, 0.3) is 5.91 Å². The average Bonchev–Trinajstić information content (AvgIpc) is 3.36. The Labute approximate surface area is 222 Å². The van der Waals surface area contributed by atoms with Gasteiger partial charge >= 0.3 is 5.97 Å². The molecule has 2 saturated carbocycles. The molecule has 2 N–H and O–H groups in total. The lowest BCUT2D eigenvalue weighted by Gasteiger charge is -2.56. The lowest BCUT2D eigenvalue weighted by Crippen LogP contribution is -2.57. The van der Waals surface area contributed by atoms with Crippen LogP contribution in [0.5, 0.6) is 0 Å². The van der Waals surface area contributed by atoms with Crippen molar-refractivity contribution in [3.05, 3.63) is 89.0 Å². The molecule has 182 valence electrons. The Kier molecular flexibility index (Phi) is 4.13. The number of rotatable bonds is 6. The Bertz CT molecular complexity index is 1730. The maximum absolute atomic E-state index is 13.5. The molecule has 2 aliphatic carbocycles. The largest absolute Gasteiger partial charge is 0.481 e. The monoisotopic (exact) mass is 505 g/mol. The molecule has 6 rings (SSSR count). The van der Waals surface area contributed by atoms with Gasteiger partial charge < -0.3 is 10.4 Å². The summed E-state index contributed by atoms with van der Waals surface area (Å²) in [5.74, 6) is -1.62. The summed E-state index contributed by atoms with van der Waals surface area (Å²) in [6.07, 6.45) is 3.82. The maximum Gasteiger partial charge on any atom is 0.306 e. The molecule has 1 amide bonds. The Balaban J connectivity index is 1.37. The first-order valence-electron chi connectivity index (χ1n) is 14.7. The number of aromatic nitrogens is 2. The Hall–Kier alpha value is -3.64. The Morgan fingerprint density at radius 1 is 1.08 bits per heavy atom. The summed E-state index contributed by atoms with van der Waals surface area (Å²) in [6, 6.07) is 9.41. The van der Waals surface area contributed by atoms with E-state index in [1.165, 1.54) is 18.3 Å². The fourth-order valence-electron chi connectivity index (χ4n) is 5.44. The van der Waals surface area contributed by atoms with Crippen LogP contribution in [0.4, 0.5) is 0 Å². The zero-order valence-corrected chi connectivity index (χ0v) is 19.9. The van der Waals surface area contributed by atoms with Crippen LogP contribution in [0.25, 0.3) is 22.0 Å². The zero-order valence-electron chi connectivity index (χ0n) is 25.1. The molecule has 0 saturated heterocycles. The second-order valence-corrected chi connectivity index (χ2v) is 10.1. The van der Waals surface area contributed by atoms with E-state index in [0.717, 1.165) is 4.68 Å². The topological polar surface area (TPSA) is 84.2 Å². The number of carboxylic acid groups (broad SMARTS) is 1. The van der Waals surface area contributed by atoms with E-state index in [4.69, 9.17) is 19.8 Å². The van der Waals surface area contributed by atoms with Crippen LogP contribution >= 0.6 is 11.6 Å². The van der Waals surface area contributed by atoms with Crippen molar-refractivity contribution in [1.29, 1.82) is 0 Å². The van der Waals surface area contributed by atoms with E-state index in [1.54, 1.807) is 30.3 Å². The van der Waals surface area contributed by atoms with E-state index in [-0.39, 0.29) is 44.4 Å². The molecule has 0 bridgehead atoms. The first-order valence-corrected chi connectivity index (χ1v) is 12.1. The number of nitrogens with one attached hydrogen (secondary N) is 1. The molecule has 4 aromatic rings. The van der Waals surface area contributed by atoms with E-state index in [0.29, 0.717) is 31.2 Å². The summed E-state index contributed by atoms with van der Waals surface area (Å²) in [5, 5.41) is 16.8. The van der Waals surface area contributed by atoms with Crippen LogP contribution in [-0.2, 0) is 11.3 Å². The quantitative estimate of drug-likeness (QED) is 0.348. The molecule has 0 unspecified atom stereocenters. The van der Waals surface area contributed by atoms with Crippen molar-refractivity contribution in [2.45, 2.75) is 38.2 Å². The lowest BCUT2D eigenvalue weighted by atomic mass is 9.50. The second-order valence-electron chi connectivity index (χ2n) is 9.66. The molecule has 2 fully saturated rings. The number of carbonyl (C=O) groups excluding carboxylic acids is 1. The van der Waals surface area contributed by atoms with Gasteiger partial charge in [0.1, 0.15) is 0 Å². The van der Waals surface area contributed by atoms with Gasteiger partial charge in [0.05, 0.1) is 42.9 Å². The molecule has 1 aromatic heterocycles. The van der Waals surface area contributed by atoms with E-state index in [2.05, 4.69) is 10.4 Å². The fraction of sp³-hybridized carbons (Fsp3) is 0.276. The second kappa shape index (κ2) is 8.79. The number of carbonyl (C=O) groups is 2. The predicted molar refractivity (Wildman–Crippen MR) is 139 cm³/mol. The summed E-state index contributed by atoms with van der Waals surface area (Å²) >= 11 is 6.40. The van der Waals surface area contributed by atoms with Crippen molar-refractivity contribution in [2.75, 3.05) is 0 Å². The molecule has 7 heteroatoms.